The summed E-state index contributed by atoms with van der Waals surface area (Å²) in [5.41, 5.74) is 1.49. The topological polar surface area (TPSA) is 93.1 Å². The number of fused-ring (bicyclic) bond motifs is 1. The highest BCUT2D eigenvalue weighted by atomic mass is 32.2. The van der Waals surface area contributed by atoms with E-state index >= 15 is 0 Å². The van der Waals surface area contributed by atoms with E-state index in [9.17, 15) is 17.6 Å². The van der Waals surface area contributed by atoms with Crippen molar-refractivity contribution in [2.45, 2.75) is 38.3 Å². The van der Waals surface area contributed by atoms with Gasteiger partial charge in [0.25, 0.3) is 5.91 Å². The number of para-hydroxylation sites is 2. The molecule has 0 aliphatic carbocycles. The lowest BCUT2D eigenvalue weighted by molar-refractivity contribution is 0.0948. The van der Waals surface area contributed by atoms with Crippen LogP contribution in [0.3, 0.4) is 0 Å². The molecule has 2 aromatic carbocycles. The van der Waals surface area contributed by atoms with Crippen molar-refractivity contribution in [3.8, 4) is 0 Å². The molecule has 2 N–H and O–H groups in total. The van der Waals surface area contributed by atoms with Crippen molar-refractivity contribution in [2.24, 2.45) is 0 Å². The largest absolute Gasteiger partial charge is 0.350 e. The maximum Gasteiger partial charge on any atom is 0.254 e. The minimum Gasteiger partial charge on any atom is -0.350 e. The Morgan fingerprint density at radius 2 is 1.93 bits per heavy atom. The molecule has 0 atom stereocenters. The number of aromatic nitrogens is 2. The molecule has 0 saturated carbocycles. The van der Waals surface area contributed by atoms with Crippen LogP contribution in [0.25, 0.3) is 11.0 Å². The number of aryl methyl sites for hydroxylation is 1. The molecule has 7 nitrogen and oxygen atoms in total. The molecule has 3 aromatic rings. The number of rotatable bonds is 7. The van der Waals surface area contributed by atoms with Crippen molar-refractivity contribution >= 4 is 27.0 Å². The number of carbonyl (C=O) groups is 1. The predicted octanol–water partition coefficient (Wildman–Crippen LogP) is 2.60. The lowest BCUT2D eigenvalue weighted by Crippen LogP contribution is -2.31. The van der Waals surface area contributed by atoms with Crippen molar-refractivity contribution in [3.05, 3.63) is 59.7 Å². The van der Waals surface area contributed by atoms with Crippen LogP contribution in [0.15, 0.2) is 47.4 Å². The molecule has 1 aromatic heterocycles. The minimum absolute atomic E-state index is 0.158. The number of hydrogen-bond acceptors (Lipinski definition) is 4. The number of nitrogens with zero attached hydrogens (tertiary/aromatic N) is 2. The standard InChI is InChI=1S/C20H23FN4O3S/c1-13(2)24-29(27,28)15-8-9-17(21)16(12-15)20(26)22-10-11-25-14(3)23-18-6-4-5-7-19(18)25/h4-9,12-13,24H,10-11H2,1-3H3,(H,22,26). The van der Waals surface area contributed by atoms with Gasteiger partial charge >= 0.3 is 0 Å². The molecule has 9 heteroatoms. The van der Waals surface area contributed by atoms with Gasteiger partial charge < -0.3 is 9.88 Å². The van der Waals surface area contributed by atoms with Gasteiger partial charge in [-0.25, -0.2) is 22.5 Å². The normalized spacial score (nSPS) is 11.9. The van der Waals surface area contributed by atoms with E-state index < -0.39 is 21.7 Å². The van der Waals surface area contributed by atoms with Gasteiger partial charge in [0, 0.05) is 19.1 Å². The number of halogens is 1. The summed E-state index contributed by atoms with van der Waals surface area (Å²) in [6, 6.07) is 10.5. The molecule has 0 fully saturated rings. The van der Waals surface area contributed by atoms with Crippen molar-refractivity contribution in [1.29, 1.82) is 0 Å². The van der Waals surface area contributed by atoms with E-state index in [0.29, 0.717) is 6.54 Å². The van der Waals surface area contributed by atoms with Gasteiger partial charge in [-0.2, -0.15) is 0 Å². The first-order valence-electron chi connectivity index (χ1n) is 9.21. The third kappa shape index (κ3) is 4.63. The van der Waals surface area contributed by atoms with Crippen molar-refractivity contribution in [3.63, 3.8) is 0 Å². The number of nitrogens with one attached hydrogen (secondary N) is 2. The van der Waals surface area contributed by atoms with E-state index in [4.69, 9.17) is 0 Å². The fourth-order valence-electron chi connectivity index (χ4n) is 3.08. The zero-order chi connectivity index (χ0) is 21.2. The van der Waals surface area contributed by atoms with Crippen molar-refractivity contribution in [1.82, 2.24) is 19.6 Å². The average Bonchev–Trinajstić information content (AvgIpc) is 2.96. The van der Waals surface area contributed by atoms with Crippen LogP contribution in [0.2, 0.25) is 0 Å². The molecule has 0 bridgehead atoms. The van der Waals surface area contributed by atoms with Crippen LogP contribution in [0.1, 0.15) is 30.0 Å². The van der Waals surface area contributed by atoms with Gasteiger partial charge in [-0.15, -0.1) is 0 Å². The Kier molecular flexibility index (Phi) is 5.99. The average molecular weight is 418 g/mol. The fraction of sp³-hybridized carbons (Fsp3) is 0.300. The van der Waals surface area contributed by atoms with Gasteiger partial charge in [-0.05, 0) is 51.1 Å². The van der Waals surface area contributed by atoms with Crippen LogP contribution in [-0.4, -0.2) is 36.5 Å². The van der Waals surface area contributed by atoms with Crippen molar-refractivity contribution in [2.75, 3.05) is 6.54 Å². The molecule has 0 aliphatic heterocycles. The molecular formula is C20H23FN4O3S. The van der Waals surface area contributed by atoms with Gasteiger partial charge in [-0.1, -0.05) is 12.1 Å². The van der Waals surface area contributed by atoms with E-state index in [2.05, 4.69) is 15.0 Å². The maximum atomic E-state index is 14.2. The van der Waals surface area contributed by atoms with Gasteiger partial charge in [-0.3, -0.25) is 4.79 Å². The molecule has 0 aliphatic rings. The quantitative estimate of drug-likeness (QED) is 0.617. The Bertz CT molecular complexity index is 1160. The van der Waals surface area contributed by atoms with Crippen molar-refractivity contribution < 1.29 is 17.6 Å². The summed E-state index contributed by atoms with van der Waals surface area (Å²) < 4.78 is 43.1. The number of sulfonamides is 1. The minimum atomic E-state index is -3.83. The predicted molar refractivity (Wildman–Crippen MR) is 109 cm³/mol. The maximum absolute atomic E-state index is 14.2. The molecule has 1 heterocycles. The summed E-state index contributed by atoms with van der Waals surface area (Å²) in [4.78, 5) is 16.8. The molecule has 3 rings (SSSR count). The molecular weight excluding hydrogens is 395 g/mol. The molecule has 0 radical (unpaired) electrons. The van der Waals surface area contributed by atoms with E-state index in [1.165, 1.54) is 0 Å². The summed E-state index contributed by atoms with van der Waals surface area (Å²) in [5.74, 6) is -0.652. The zero-order valence-corrected chi connectivity index (χ0v) is 17.3. The first-order chi connectivity index (χ1) is 13.7. The highest BCUT2D eigenvalue weighted by Gasteiger charge is 2.20. The van der Waals surface area contributed by atoms with Gasteiger partial charge in [0.05, 0.1) is 21.5 Å². The first kappa shape index (κ1) is 20.9. The Labute approximate surface area is 169 Å². The SMILES string of the molecule is Cc1nc2ccccc2n1CCNC(=O)c1cc(S(=O)(=O)NC(C)C)ccc1F. The summed E-state index contributed by atoms with van der Waals surface area (Å²) in [7, 11) is -3.83. The fourth-order valence-corrected chi connectivity index (χ4v) is 4.36. The number of imidazole rings is 1. The van der Waals surface area contributed by atoms with Crippen LogP contribution in [0.5, 0.6) is 0 Å². The monoisotopic (exact) mass is 418 g/mol. The number of benzene rings is 2. The molecule has 0 saturated heterocycles. The Hall–Kier alpha value is -2.78. The zero-order valence-electron chi connectivity index (χ0n) is 16.4. The number of amides is 1. The lowest BCUT2D eigenvalue weighted by Gasteiger charge is -2.12. The Morgan fingerprint density at radius 3 is 2.66 bits per heavy atom. The molecule has 1 amide bonds. The van der Waals surface area contributed by atoms with Crippen LogP contribution >= 0.6 is 0 Å². The van der Waals surface area contributed by atoms with Crippen LogP contribution in [0, 0.1) is 12.7 Å². The lowest BCUT2D eigenvalue weighted by atomic mass is 10.2. The Balaban J connectivity index is 1.74. The smallest absolute Gasteiger partial charge is 0.254 e. The highest BCUT2D eigenvalue weighted by molar-refractivity contribution is 7.89. The first-order valence-corrected chi connectivity index (χ1v) is 10.7. The van der Waals surface area contributed by atoms with Gasteiger partial charge in [0.2, 0.25) is 10.0 Å². The Morgan fingerprint density at radius 1 is 1.21 bits per heavy atom. The summed E-state index contributed by atoms with van der Waals surface area (Å²) in [6.07, 6.45) is 0. The van der Waals surface area contributed by atoms with Gasteiger partial charge in [0.1, 0.15) is 11.6 Å². The van der Waals surface area contributed by atoms with E-state index in [-0.39, 0.29) is 23.0 Å². The second kappa shape index (κ2) is 8.30. The van der Waals surface area contributed by atoms with E-state index in [1.54, 1.807) is 13.8 Å². The molecule has 0 unspecified atom stereocenters. The highest BCUT2D eigenvalue weighted by Crippen LogP contribution is 2.17. The number of carbonyl (C=O) groups excluding carboxylic acids is 1. The molecule has 154 valence electrons. The third-order valence-corrected chi connectivity index (χ3v) is 6.01. The second-order valence-corrected chi connectivity index (χ2v) is 8.69. The second-order valence-electron chi connectivity index (χ2n) is 6.97. The van der Waals surface area contributed by atoms with Crippen LogP contribution < -0.4 is 10.0 Å². The summed E-state index contributed by atoms with van der Waals surface area (Å²) in [5, 5.41) is 2.65. The van der Waals surface area contributed by atoms with E-state index in [1.807, 2.05) is 35.8 Å². The summed E-state index contributed by atoms with van der Waals surface area (Å²) >= 11 is 0. The summed E-state index contributed by atoms with van der Waals surface area (Å²) in [6.45, 7) is 5.91. The molecule has 0 spiro atoms. The van der Waals surface area contributed by atoms with Gasteiger partial charge in [0.15, 0.2) is 0 Å². The van der Waals surface area contributed by atoms with E-state index in [0.717, 1.165) is 35.1 Å². The third-order valence-electron chi connectivity index (χ3n) is 4.35. The van der Waals surface area contributed by atoms with Crippen LogP contribution in [0.4, 0.5) is 4.39 Å². The molecule has 29 heavy (non-hydrogen) atoms. The number of hydrogen-bond donors (Lipinski definition) is 2. The van der Waals surface area contributed by atoms with Crippen LogP contribution in [-0.2, 0) is 16.6 Å².